The van der Waals surface area contributed by atoms with Crippen LogP contribution in [0.4, 0.5) is 0 Å². The van der Waals surface area contributed by atoms with E-state index in [1.807, 2.05) is 47.4 Å². The van der Waals surface area contributed by atoms with Gasteiger partial charge in [0.05, 0.1) is 6.10 Å². The van der Waals surface area contributed by atoms with Gasteiger partial charge in [-0.15, -0.1) is 0 Å². The molecule has 5 nitrogen and oxygen atoms in total. The van der Waals surface area contributed by atoms with Crippen molar-refractivity contribution in [1.82, 2.24) is 4.90 Å². The maximum atomic E-state index is 12.9. The number of hydrogen-bond donors (Lipinski definition) is 0. The number of rotatable bonds is 5. The van der Waals surface area contributed by atoms with Crippen molar-refractivity contribution in [3.63, 3.8) is 0 Å². The molecule has 4 rings (SSSR count). The lowest BCUT2D eigenvalue weighted by Gasteiger charge is -2.32. The number of piperidine rings is 1. The molecule has 0 spiro atoms. The molecule has 1 fully saturated rings. The fourth-order valence-corrected chi connectivity index (χ4v) is 3.61. The lowest BCUT2D eigenvalue weighted by molar-refractivity contribution is 0.00211. The van der Waals surface area contributed by atoms with E-state index < -0.39 is 0 Å². The number of fused-ring (bicyclic) bond motifs is 1. The molecular weight excluding hydrogens is 342 g/mol. The minimum absolute atomic E-state index is 0.0806. The maximum absolute atomic E-state index is 12.9. The predicted molar refractivity (Wildman–Crippen MR) is 103 cm³/mol. The molecule has 5 heteroatoms. The summed E-state index contributed by atoms with van der Waals surface area (Å²) in [6, 6.07) is 13.7. The lowest BCUT2D eigenvalue weighted by Crippen LogP contribution is -2.43. The van der Waals surface area contributed by atoms with Gasteiger partial charge >= 0.3 is 0 Å². The van der Waals surface area contributed by atoms with Crippen LogP contribution < -0.4 is 9.47 Å². The third kappa shape index (κ3) is 3.93. The first kappa shape index (κ1) is 17.9. The summed E-state index contributed by atoms with van der Waals surface area (Å²) < 4.78 is 16.6. The largest absolute Gasteiger partial charge is 0.454 e. The van der Waals surface area contributed by atoms with E-state index in [2.05, 4.69) is 6.92 Å². The fourth-order valence-electron chi connectivity index (χ4n) is 3.61. The molecule has 0 aromatic heterocycles. The van der Waals surface area contributed by atoms with Gasteiger partial charge in [0.25, 0.3) is 5.91 Å². The van der Waals surface area contributed by atoms with Crippen LogP contribution in [0, 0.1) is 0 Å². The van der Waals surface area contributed by atoms with Gasteiger partial charge in [-0.25, -0.2) is 0 Å². The Morgan fingerprint density at radius 1 is 1.11 bits per heavy atom. The Morgan fingerprint density at radius 3 is 2.70 bits per heavy atom. The number of nitrogens with zero attached hydrogens (tertiary/aromatic N) is 1. The van der Waals surface area contributed by atoms with E-state index in [0.29, 0.717) is 6.54 Å². The van der Waals surface area contributed by atoms with Crippen LogP contribution in [0.3, 0.4) is 0 Å². The van der Waals surface area contributed by atoms with Crippen molar-refractivity contribution in [3.8, 4) is 22.6 Å². The summed E-state index contributed by atoms with van der Waals surface area (Å²) in [6.45, 7) is 4.62. The van der Waals surface area contributed by atoms with Crippen LogP contribution >= 0.6 is 0 Å². The van der Waals surface area contributed by atoms with Crippen LogP contribution in [0.5, 0.6) is 11.5 Å². The van der Waals surface area contributed by atoms with Crippen LogP contribution in [0.1, 0.15) is 36.5 Å². The first-order valence-corrected chi connectivity index (χ1v) is 9.65. The summed E-state index contributed by atoms with van der Waals surface area (Å²) in [7, 11) is 0. The highest BCUT2D eigenvalue weighted by atomic mass is 16.7. The van der Waals surface area contributed by atoms with Gasteiger partial charge in [0.2, 0.25) is 6.79 Å². The molecule has 2 heterocycles. The predicted octanol–water partition coefficient (Wildman–Crippen LogP) is 4.11. The highest BCUT2D eigenvalue weighted by Gasteiger charge is 2.25. The molecule has 142 valence electrons. The summed E-state index contributed by atoms with van der Waals surface area (Å²) >= 11 is 0. The molecule has 2 aromatic carbocycles. The molecule has 2 aliphatic rings. The summed E-state index contributed by atoms with van der Waals surface area (Å²) in [5, 5.41) is 0. The van der Waals surface area contributed by atoms with Gasteiger partial charge in [0.15, 0.2) is 11.5 Å². The van der Waals surface area contributed by atoms with Crippen LogP contribution in [-0.2, 0) is 4.74 Å². The number of benzene rings is 2. The van der Waals surface area contributed by atoms with Crippen molar-refractivity contribution in [2.24, 2.45) is 0 Å². The molecule has 0 unspecified atom stereocenters. The Morgan fingerprint density at radius 2 is 1.89 bits per heavy atom. The van der Waals surface area contributed by atoms with Gasteiger partial charge in [-0.05, 0) is 54.7 Å². The Labute approximate surface area is 159 Å². The molecular formula is C22H25NO4. The SMILES string of the molecule is CCCO[C@@H]1CCCN(C(=O)c2ccc(-c3ccc4c(c3)OCO4)cc2)C1. The number of carbonyl (C=O) groups excluding carboxylic acids is 1. The second kappa shape index (κ2) is 8.01. The standard InChI is InChI=1S/C22H25NO4/c1-2-12-25-19-4-3-11-23(14-19)22(24)17-7-5-16(6-8-17)18-9-10-20-21(13-18)27-15-26-20/h5-10,13,19H,2-4,11-12,14-15H2,1H3/t19-/m1/s1. The molecule has 1 saturated heterocycles. The monoisotopic (exact) mass is 367 g/mol. The van der Waals surface area contributed by atoms with Gasteiger partial charge < -0.3 is 19.1 Å². The number of amides is 1. The van der Waals surface area contributed by atoms with Gasteiger partial charge in [0, 0.05) is 25.3 Å². The summed E-state index contributed by atoms with van der Waals surface area (Å²) in [6.07, 6.45) is 3.20. The molecule has 0 N–H and O–H groups in total. The Balaban J connectivity index is 1.44. The molecule has 0 bridgehead atoms. The molecule has 27 heavy (non-hydrogen) atoms. The lowest BCUT2D eigenvalue weighted by atomic mass is 10.0. The van der Waals surface area contributed by atoms with Gasteiger partial charge in [0.1, 0.15) is 0 Å². The van der Waals surface area contributed by atoms with Crippen LogP contribution in [0.15, 0.2) is 42.5 Å². The summed E-state index contributed by atoms with van der Waals surface area (Å²) in [5.41, 5.74) is 2.81. The zero-order chi connectivity index (χ0) is 18.6. The molecule has 1 atom stereocenters. The van der Waals surface area contributed by atoms with Gasteiger partial charge in [-0.3, -0.25) is 4.79 Å². The van der Waals surface area contributed by atoms with Crippen molar-refractivity contribution < 1.29 is 19.0 Å². The molecule has 0 aliphatic carbocycles. The topological polar surface area (TPSA) is 48.0 Å². The van der Waals surface area contributed by atoms with Crippen LogP contribution in [-0.4, -0.2) is 43.4 Å². The number of hydrogen-bond acceptors (Lipinski definition) is 4. The fraction of sp³-hybridized carbons (Fsp3) is 0.409. The second-order valence-corrected chi connectivity index (χ2v) is 7.03. The molecule has 2 aromatic rings. The second-order valence-electron chi connectivity index (χ2n) is 7.03. The highest BCUT2D eigenvalue weighted by Crippen LogP contribution is 2.36. The van der Waals surface area contributed by atoms with E-state index in [-0.39, 0.29) is 18.8 Å². The third-order valence-electron chi connectivity index (χ3n) is 5.06. The number of ether oxygens (including phenoxy) is 3. The van der Waals surface area contributed by atoms with Gasteiger partial charge in [-0.1, -0.05) is 25.1 Å². The molecule has 0 radical (unpaired) electrons. The normalized spacial score (nSPS) is 18.6. The van der Waals surface area contributed by atoms with Crippen molar-refractivity contribution >= 4 is 5.91 Å². The quantitative estimate of drug-likeness (QED) is 0.798. The van der Waals surface area contributed by atoms with E-state index in [1.54, 1.807) is 0 Å². The van der Waals surface area contributed by atoms with E-state index in [0.717, 1.165) is 60.6 Å². The first-order chi connectivity index (χ1) is 13.2. The Bertz CT molecular complexity index is 802. The minimum atomic E-state index is 0.0806. The van der Waals surface area contributed by atoms with E-state index in [9.17, 15) is 4.79 Å². The molecule has 2 aliphatic heterocycles. The van der Waals surface area contributed by atoms with Crippen molar-refractivity contribution in [2.75, 3.05) is 26.5 Å². The van der Waals surface area contributed by atoms with Crippen LogP contribution in [0.25, 0.3) is 11.1 Å². The molecule has 0 saturated carbocycles. The minimum Gasteiger partial charge on any atom is -0.454 e. The first-order valence-electron chi connectivity index (χ1n) is 9.65. The van der Waals surface area contributed by atoms with Crippen LogP contribution in [0.2, 0.25) is 0 Å². The number of carbonyl (C=O) groups is 1. The van der Waals surface area contributed by atoms with E-state index in [1.165, 1.54) is 0 Å². The Hall–Kier alpha value is -2.53. The summed E-state index contributed by atoms with van der Waals surface area (Å²) in [4.78, 5) is 14.8. The zero-order valence-corrected chi connectivity index (χ0v) is 15.6. The van der Waals surface area contributed by atoms with Crippen molar-refractivity contribution in [2.45, 2.75) is 32.3 Å². The van der Waals surface area contributed by atoms with E-state index >= 15 is 0 Å². The van der Waals surface area contributed by atoms with Crippen molar-refractivity contribution in [1.29, 1.82) is 0 Å². The maximum Gasteiger partial charge on any atom is 0.253 e. The average Bonchev–Trinajstić information content (AvgIpc) is 3.20. The van der Waals surface area contributed by atoms with E-state index in [4.69, 9.17) is 14.2 Å². The molecule has 1 amide bonds. The summed E-state index contributed by atoms with van der Waals surface area (Å²) in [5.74, 6) is 1.62. The highest BCUT2D eigenvalue weighted by molar-refractivity contribution is 5.94. The zero-order valence-electron chi connectivity index (χ0n) is 15.6. The average molecular weight is 367 g/mol. The number of likely N-dealkylation sites (tertiary alicyclic amines) is 1. The van der Waals surface area contributed by atoms with Gasteiger partial charge in [-0.2, -0.15) is 0 Å². The third-order valence-corrected chi connectivity index (χ3v) is 5.06. The smallest absolute Gasteiger partial charge is 0.253 e. The Kier molecular flexibility index (Phi) is 5.30. The van der Waals surface area contributed by atoms with Crippen molar-refractivity contribution in [3.05, 3.63) is 48.0 Å².